The second-order valence-corrected chi connectivity index (χ2v) is 2.90. The molecule has 5 heteroatoms. The van der Waals surface area contributed by atoms with Gasteiger partial charge < -0.3 is 5.73 Å². The zero-order valence-electron chi connectivity index (χ0n) is 7.58. The minimum Gasteiger partial charge on any atom is -0.398 e. The number of nitro groups is 1. The Morgan fingerprint density at radius 2 is 2.21 bits per heavy atom. The van der Waals surface area contributed by atoms with Gasteiger partial charge in [-0.15, -0.1) is 0 Å². The van der Waals surface area contributed by atoms with Gasteiger partial charge in [0.25, 0.3) is 0 Å². The number of hydrogen-bond acceptors (Lipinski definition) is 3. The molecule has 0 saturated carbocycles. The summed E-state index contributed by atoms with van der Waals surface area (Å²) < 4.78 is 13.5. The van der Waals surface area contributed by atoms with E-state index < -0.39 is 16.4 Å². The van der Waals surface area contributed by atoms with E-state index in [4.69, 9.17) is 5.73 Å². The Hall–Kier alpha value is -1.91. The summed E-state index contributed by atoms with van der Waals surface area (Å²) in [7, 11) is 0. The summed E-state index contributed by atoms with van der Waals surface area (Å²) in [4.78, 5) is 9.61. The first-order chi connectivity index (χ1) is 6.45. The quantitative estimate of drug-likeness (QED) is 0.448. The van der Waals surface area contributed by atoms with Gasteiger partial charge in [-0.3, -0.25) is 10.1 Å². The van der Waals surface area contributed by atoms with Gasteiger partial charge in [0.1, 0.15) is 0 Å². The van der Waals surface area contributed by atoms with E-state index in [1.54, 1.807) is 6.92 Å². The fourth-order valence-corrected chi connectivity index (χ4v) is 1.15. The Balaban J connectivity index is 3.49. The lowest BCUT2D eigenvalue weighted by Gasteiger charge is -2.05. The number of nitrogens with two attached hydrogens (primary N) is 1. The molecule has 0 saturated heterocycles. The minimum atomic E-state index is -0.928. The van der Waals surface area contributed by atoms with Gasteiger partial charge in [-0.05, 0) is 18.6 Å². The molecule has 74 valence electrons. The number of nitrogens with zero attached hydrogens (tertiary/aromatic N) is 1. The molecule has 2 N–H and O–H groups in total. The Kier molecular flexibility index (Phi) is 2.51. The molecule has 0 fully saturated rings. The molecule has 14 heavy (non-hydrogen) atoms. The van der Waals surface area contributed by atoms with Crippen molar-refractivity contribution in [3.8, 4) is 0 Å². The predicted molar refractivity (Wildman–Crippen MR) is 52.2 cm³/mol. The highest BCUT2D eigenvalue weighted by Crippen LogP contribution is 2.29. The molecule has 1 aromatic carbocycles. The summed E-state index contributed by atoms with van der Waals surface area (Å²) in [6, 6.07) is 2.34. The molecule has 1 aromatic rings. The molecule has 0 unspecified atom stereocenters. The number of rotatable bonds is 2. The van der Waals surface area contributed by atoms with E-state index in [0.29, 0.717) is 5.57 Å². The first-order valence-corrected chi connectivity index (χ1v) is 3.83. The van der Waals surface area contributed by atoms with E-state index in [0.717, 1.165) is 6.07 Å². The lowest BCUT2D eigenvalue weighted by Crippen LogP contribution is -2.00. The van der Waals surface area contributed by atoms with Gasteiger partial charge in [0.05, 0.1) is 4.92 Å². The van der Waals surface area contributed by atoms with E-state index in [1.165, 1.54) is 6.07 Å². The Bertz CT molecular complexity index is 416. The third-order valence-electron chi connectivity index (χ3n) is 1.78. The Morgan fingerprint density at radius 1 is 1.64 bits per heavy atom. The van der Waals surface area contributed by atoms with Crippen molar-refractivity contribution in [2.45, 2.75) is 6.92 Å². The number of anilines is 1. The molecule has 4 nitrogen and oxygen atoms in total. The van der Waals surface area contributed by atoms with Crippen LogP contribution in [0.25, 0.3) is 5.57 Å². The smallest absolute Gasteiger partial charge is 0.305 e. The van der Waals surface area contributed by atoms with Crippen molar-refractivity contribution in [1.29, 1.82) is 0 Å². The lowest BCUT2D eigenvalue weighted by molar-refractivity contribution is -0.387. The first kappa shape index (κ1) is 10.2. The van der Waals surface area contributed by atoms with Gasteiger partial charge in [0, 0.05) is 17.3 Å². The monoisotopic (exact) mass is 196 g/mol. The SMILES string of the molecule is C=C(C)c1c(N)ccc([N+](=O)[O-])c1F. The van der Waals surface area contributed by atoms with Crippen LogP contribution >= 0.6 is 0 Å². The number of hydrogen-bond donors (Lipinski definition) is 1. The molecule has 0 aliphatic carbocycles. The standard InChI is InChI=1S/C9H9FN2O2/c1-5(2)8-6(11)3-4-7(9(8)10)12(13)14/h3-4H,1,11H2,2H3. The van der Waals surface area contributed by atoms with E-state index in [1.807, 2.05) is 0 Å². The topological polar surface area (TPSA) is 69.2 Å². The Labute approximate surface area is 80.0 Å². The summed E-state index contributed by atoms with van der Waals surface area (Å²) in [5.74, 6) is -0.928. The van der Waals surface area contributed by atoms with Crippen molar-refractivity contribution in [1.82, 2.24) is 0 Å². The maximum atomic E-state index is 13.5. The van der Waals surface area contributed by atoms with E-state index in [2.05, 4.69) is 6.58 Å². The third kappa shape index (κ3) is 1.56. The van der Waals surface area contributed by atoms with Crippen LogP contribution in [0.15, 0.2) is 18.7 Å². The van der Waals surface area contributed by atoms with Crippen molar-refractivity contribution in [2.75, 3.05) is 5.73 Å². The van der Waals surface area contributed by atoms with Crippen LogP contribution in [0, 0.1) is 15.9 Å². The predicted octanol–water partition coefficient (Wildman–Crippen LogP) is 2.35. The first-order valence-electron chi connectivity index (χ1n) is 3.83. The zero-order valence-corrected chi connectivity index (χ0v) is 7.58. The highest BCUT2D eigenvalue weighted by atomic mass is 19.1. The van der Waals surface area contributed by atoms with Gasteiger partial charge in [-0.2, -0.15) is 4.39 Å². The van der Waals surface area contributed by atoms with Crippen molar-refractivity contribution in [3.05, 3.63) is 40.2 Å². The minimum absolute atomic E-state index is 0.0131. The van der Waals surface area contributed by atoms with Crippen LogP contribution in [0.1, 0.15) is 12.5 Å². The molecule has 0 aromatic heterocycles. The van der Waals surface area contributed by atoms with Crippen LogP contribution in [0.5, 0.6) is 0 Å². The number of allylic oxidation sites excluding steroid dienone is 1. The fraction of sp³-hybridized carbons (Fsp3) is 0.111. The molecule has 0 bridgehead atoms. The average Bonchev–Trinajstić information content (AvgIpc) is 2.02. The van der Waals surface area contributed by atoms with Gasteiger partial charge in [0.15, 0.2) is 0 Å². The number of nitro benzene ring substituents is 1. The molecule has 0 spiro atoms. The van der Waals surface area contributed by atoms with E-state index in [-0.39, 0.29) is 11.3 Å². The zero-order chi connectivity index (χ0) is 10.9. The second kappa shape index (κ2) is 3.45. The third-order valence-corrected chi connectivity index (χ3v) is 1.78. The number of benzene rings is 1. The maximum Gasteiger partial charge on any atom is 0.305 e. The van der Waals surface area contributed by atoms with Crippen molar-refractivity contribution < 1.29 is 9.31 Å². The molecule has 0 atom stereocenters. The fourth-order valence-electron chi connectivity index (χ4n) is 1.15. The molecule has 1 rings (SSSR count). The summed E-state index contributed by atoms with van der Waals surface area (Å²) in [5.41, 5.74) is 5.41. The highest BCUT2D eigenvalue weighted by Gasteiger charge is 2.19. The normalized spacial score (nSPS) is 9.86. The number of nitrogen functional groups attached to an aromatic ring is 1. The molecule has 0 aliphatic rings. The Morgan fingerprint density at radius 3 is 2.64 bits per heavy atom. The van der Waals surface area contributed by atoms with Crippen LogP contribution in [-0.4, -0.2) is 4.92 Å². The summed E-state index contributed by atoms with van der Waals surface area (Å²) in [6.07, 6.45) is 0. The number of halogens is 1. The van der Waals surface area contributed by atoms with Gasteiger partial charge in [-0.1, -0.05) is 6.58 Å². The summed E-state index contributed by atoms with van der Waals surface area (Å²) >= 11 is 0. The van der Waals surface area contributed by atoms with Gasteiger partial charge in [0.2, 0.25) is 5.82 Å². The molecule has 0 amide bonds. The van der Waals surface area contributed by atoms with E-state index in [9.17, 15) is 14.5 Å². The van der Waals surface area contributed by atoms with Crippen LogP contribution in [-0.2, 0) is 0 Å². The van der Waals surface area contributed by atoms with Crippen molar-refractivity contribution in [2.24, 2.45) is 0 Å². The van der Waals surface area contributed by atoms with Crippen molar-refractivity contribution >= 4 is 16.9 Å². The summed E-state index contributed by atoms with van der Waals surface area (Å²) in [5, 5.41) is 10.4. The highest BCUT2D eigenvalue weighted by molar-refractivity contribution is 5.75. The van der Waals surface area contributed by atoms with Crippen LogP contribution in [0.2, 0.25) is 0 Å². The van der Waals surface area contributed by atoms with Crippen molar-refractivity contribution in [3.63, 3.8) is 0 Å². The molecule has 0 heterocycles. The lowest BCUT2D eigenvalue weighted by atomic mass is 10.1. The second-order valence-electron chi connectivity index (χ2n) is 2.90. The molecular weight excluding hydrogens is 187 g/mol. The van der Waals surface area contributed by atoms with Gasteiger partial charge >= 0.3 is 5.69 Å². The average molecular weight is 196 g/mol. The van der Waals surface area contributed by atoms with Gasteiger partial charge in [-0.25, -0.2) is 0 Å². The van der Waals surface area contributed by atoms with Crippen LogP contribution < -0.4 is 5.73 Å². The summed E-state index contributed by atoms with van der Waals surface area (Å²) in [6.45, 7) is 5.05. The largest absolute Gasteiger partial charge is 0.398 e. The molecule has 0 aliphatic heterocycles. The molecular formula is C9H9FN2O2. The van der Waals surface area contributed by atoms with E-state index >= 15 is 0 Å². The maximum absolute atomic E-state index is 13.5. The van der Waals surface area contributed by atoms with Crippen LogP contribution in [0.4, 0.5) is 15.8 Å². The van der Waals surface area contributed by atoms with Crippen LogP contribution in [0.3, 0.4) is 0 Å². The molecule has 0 radical (unpaired) electrons.